The van der Waals surface area contributed by atoms with Crippen LogP contribution in [0.25, 0.3) is 60.9 Å². The molecule has 8 aromatic carbocycles. The average molecular weight is 715 g/mol. The molecule has 0 saturated carbocycles. The van der Waals surface area contributed by atoms with Crippen molar-refractivity contribution in [1.82, 2.24) is 4.57 Å². The summed E-state index contributed by atoms with van der Waals surface area (Å²) in [7, 11) is 0. The first-order valence-electron chi connectivity index (χ1n) is 17.5. The molecule has 51 heavy (non-hydrogen) atoms. The first kappa shape index (κ1) is 29.9. The molecule has 1 aromatic heterocycles. The quantitative estimate of drug-likeness (QED) is 0.167. The molecular weight excluding hydrogens is 682 g/mol. The Morgan fingerprint density at radius 3 is 1.69 bits per heavy atom. The largest absolute Gasteiger partial charge is 0.309 e. The van der Waals surface area contributed by atoms with Gasteiger partial charge in [0.15, 0.2) is 0 Å². The van der Waals surface area contributed by atoms with Crippen LogP contribution >= 0.6 is 15.9 Å². The smallest absolute Gasteiger partial charge is 0.0734 e. The second-order valence-corrected chi connectivity index (χ2v) is 14.3. The molecule has 240 valence electrons. The molecule has 1 heterocycles. The highest BCUT2D eigenvalue weighted by molar-refractivity contribution is 9.10. The van der Waals surface area contributed by atoms with Gasteiger partial charge in [0.1, 0.15) is 0 Å². The summed E-state index contributed by atoms with van der Waals surface area (Å²) in [6.45, 7) is 0. The van der Waals surface area contributed by atoms with E-state index in [0.29, 0.717) is 0 Å². The predicted octanol–water partition coefficient (Wildman–Crippen LogP) is 13.2. The summed E-state index contributed by atoms with van der Waals surface area (Å²) in [5.41, 5.74) is 15.6. The van der Waals surface area contributed by atoms with E-state index in [1.165, 1.54) is 83.1 Å². The van der Waals surface area contributed by atoms with E-state index >= 15 is 0 Å². The highest BCUT2D eigenvalue weighted by atomic mass is 79.9. The van der Waals surface area contributed by atoms with Gasteiger partial charge in [-0.25, -0.2) is 0 Å². The zero-order chi connectivity index (χ0) is 33.9. The summed E-state index contributed by atoms with van der Waals surface area (Å²) in [4.78, 5) is 0. The van der Waals surface area contributed by atoms with E-state index in [1.54, 1.807) is 0 Å². The molecule has 10 rings (SSSR count). The molecule has 0 atom stereocenters. The van der Waals surface area contributed by atoms with Crippen molar-refractivity contribution in [3.05, 3.63) is 221 Å². The zero-order valence-electron chi connectivity index (χ0n) is 27.8. The van der Waals surface area contributed by atoms with Crippen molar-refractivity contribution in [3.8, 4) is 39.1 Å². The summed E-state index contributed by atoms with van der Waals surface area (Å²) < 4.78 is 3.61. The molecule has 0 unspecified atom stereocenters. The maximum Gasteiger partial charge on any atom is 0.0734 e. The SMILES string of the molecule is Brc1cccc(-c2ccc(-c3ccc4c5ccccc5n(-c5cccc6c5C(c5ccccc5)(c5ccccc5)c5ccccc5-6)c4c3)cc2)c1. The number of rotatable bonds is 5. The second-order valence-electron chi connectivity index (χ2n) is 13.4. The average Bonchev–Trinajstić information content (AvgIpc) is 3.69. The van der Waals surface area contributed by atoms with E-state index in [0.717, 1.165) is 4.47 Å². The minimum absolute atomic E-state index is 0.511. The number of halogens is 1. The number of fused-ring (bicyclic) bond motifs is 6. The van der Waals surface area contributed by atoms with Gasteiger partial charge in [0, 0.05) is 20.8 Å². The van der Waals surface area contributed by atoms with Gasteiger partial charge in [0.05, 0.1) is 22.1 Å². The molecule has 0 bridgehead atoms. The van der Waals surface area contributed by atoms with Gasteiger partial charge in [-0.2, -0.15) is 0 Å². The van der Waals surface area contributed by atoms with E-state index in [-0.39, 0.29) is 0 Å². The normalized spacial score (nSPS) is 13.0. The van der Waals surface area contributed by atoms with E-state index < -0.39 is 5.41 Å². The lowest BCUT2D eigenvalue weighted by Gasteiger charge is -2.35. The summed E-state index contributed by atoms with van der Waals surface area (Å²) in [6.07, 6.45) is 0. The van der Waals surface area contributed by atoms with Crippen LogP contribution in [0, 0.1) is 0 Å². The van der Waals surface area contributed by atoms with E-state index in [4.69, 9.17) is 0 Å². The third-order valence-corrected chi connectivity index (χ3v) is 11.2. The predicted molar refractivity (Wildman–Crippen MR) is 217 cm³/mol. The van der Waals surface area contributed by atoms with Gasteiger partial charge in [0.2, 0.25) is 0 Å². The molecule has 0 amide bonds. The lowest BCUT2D eigenvalue weighted by molar-refractivity contribution is 0.762. The van der Waals surface area contributed by atoms with Crippen molar-refractivity contribution in [2.75, 3.05) is 0 Å². The Bertz CT molecular complexity index is 2700. The van der Waals surface area contributed by atoms with Gasteiger partial charge < -0.3 is 4.57 Å². The Morgan fingerprint density at radius 2 is 0.961 bits per heavy atom. The number of aromatic nitrogens is 1. The first-order valence-corrected chi connectivity index (χ1v) is 18.3. The van der Waals surface area contributed by atoms with Crippen LogP contribution in [-0.2, 0) is 5.41 Å². The van der Waals surface area contributed by atoms with Crippen LogP contribution < -0.4 is 0 Å². The minimum atomic E-state index is -0.511. The fraction of sp³-hybridized carbons (Fsp3) is 0.0204. The fourth-order valence-electron chi connectivity index (χ4n) is 8.60. The molecule has 1 aliphatic rings. The van der Waals surface area contributed by atoms with Crippen molar-refractivity contribution < 1.29 is 0 Å². The standard InChI is InChI=1S/C49H32BrN/c50-39-18-11-13-35(31-39)33-25-27-34(28-26-33)36-29-30-42-41-20-8-10-23-45(41)51(47(42)32-36)46-24-12-21-43-40-19-7-9-22-44(40)49(48(43)46,37-14-3-1-4-15-37)38-16-5-2-6-17-38/h1-32H. The van der Waals surface area contributed by atoms with Gasteiger partial charge in [-0.05, 0) is 80.4 Å². The lowest BCUT2D eigenvalue weighted by atomic mass is 9.67. The maximum absolute atomic E-state index is 3.63. The monoisotopic (exact) mass is 713 g/mol. The second kappa shape index (κ2) is 11.8. The summed E-state index contributed by atoms with van der Waals surface area (Å²) in [5.74, 6) is 0. The van der Waals surface area contributed by atoms with Crippen LogP contribution in [0.4, 0.5) is 0 Å². The third-order valence-electron chi connectivity index (χ3n) is 10.7. The van der Waals surface area contributed by atoms with Gasteiger partial charge in [-0.1, -0.05) is 180 Å². The van der Waals surface area contributed by atoms with Crippen LogP contribution in [0.5, 0.6) is 0 Å². The van der Waals surface area contributed by atoms with Crippen molar-refractivity contribution in [2.45, 2.75) is 5.41 Å². The number of para-hydroxylation sites is 1. The van der Waals surface area contributed by atoms with Crippen LogP contribution in [0.15, 0.2) is 199 Å². The number of benzene rings is 8. The molecule has 9 aromatic rings. The summed E-state index contributed by atoms with van der Waals surface area (Å²) >= 11 is 3.63. The van der Waals surface area contributed by atoms with Crippen LogP contribution in [0.2, 0.25) is 0 Å². The van der Waals surface area contributed by atoms with Crippen molar-refractivity contribution in [3.63, 3.8) is 0 Å². The Labute approximate surface area is 306 Å². The van der Waals surface area contributed by atoms with Crippen molar-refractivity contribution >= 4 is 37.7 Å². The molecule has 1 aliphatic carbocycles. The van der Waals surface area contributed by atoms with Gasteiger partial charge in [-0.15, -0.1) is 0 Å². The number of nitrogens with zero attached hydrogens (tertiary/aromatic N) is 1. The van der Waals surface area contributed by atoms with Gasteiger partial charge in [0.25, 0.3) is 0 Å². The Morgan fingerprint density at radius 1 is 0.392 bits per heavy atom. The van der Waals surface area contributed by atoms with Crippen LogP contribution in [-0.4, -0.2) is 4.57 Å². The van der Waals surface area contributed by atoms with E-state index in [9.17, 15) is 0 Å². The Balaban J connectivity index is 1.26. The van der Waals surface area contributed by atoms with Crippen LogP contribution in [0.1, 0.15) is 22.3 Å². The highest BCUT2D eigenvalue weighted by Crippen LogP contribution is 2.58. The molecule has 0 N–H and O–H groups in total. The van der Waals surface area contributed by atoms with E-state index in [1.807, 2.05) is 0 Å². The molecule has 0 fully saturated rings. The van der Waals surface area contributed by atoms with E-state index in [2.05, 4.69) is 215 Å². The third kappa shape index (κ3) is 4.53. The van der Waals surface area contributed by atoms with Crippen molar-refractivity contribution in [2.24, 2.45) is 0 Å². The first-order chi connectivity index (χ1) is 25.2. The Kier molecular flexibility index (Phi) is 6.94. The van der Waals surface area contributed by atoms with Gasteiger partial charge >= 0.3 is 0 Å². The molecule has 0 saturated heterocycles. The number of hydrogen-bond donors (Lipinski definition) is 0. The fourth-order valence-corrected chi connectivity index (χ4v) is 9.00. The highest BCUT2D eigenvalue weighted by Gasteiger charge is 2.47. The Hall–Kier alpha value is -5.96. The van der Waals surface area contributed by atoms with Crippen molar-refractivity contribution in [1.29, 1.82) is 0 Å². The number of hydrogen-bond acceptors (Lipinski definition) is 0. The summed E-state index contributed by atoms with van der Waals surface area (Å²) in [6, 6.07) is 71.3. The van der Waals surface area contributed by atoms with Gasteiger partial charge in [-0.3, -0.25) is 0 Å². The minimum Gasteiger partial charge on any atom is -0.309 e. The molecular formula is C49H32BrN. The molecule has 2 heteroatoms. The lowest BCUT2D eigenvalue weighted by Crippen LogP contribution is -2.29. The topological polar surface area (TPSA) is 4.93 Å². The van der Waals surface area contributed by atoms with Crippen LogP contribution in [0.3, 0.4) is 0 Å². The molecule has 1 nitrogen and oxygen atoms in total. The maximum atomic E-state index is 3.63. The summed E-state index contributed by atoms with van der Waals surface area (Å²) in [5, 5.41) is 2.50. The molecule has 0 aliphatic heterocycles. The molecule has 0 radical (unpaired) electrons. The zero-order valence-corrected chi connectivity index (χ0v) is 29.4. The molecule has 0 spiro atoms.